The van der Waals surface area contributed by atoms with Gasteiger partial charge in [-0.1, -0.05) is 29.8 Å². The summed E-state index contributed by atoms with van der Waals surface area (Å²) in [5, 5.41) is 0.715. The maximum atomic E-state index is 5.97. The lowest BCUT2D eigenvalue weighted by atomic mass is 10.1. The summed E-state index contributed by atoms with van der Waals surface area (Å²) in [6, 6.07) is 18.7. The van der Waals surface area contributed by atoms with Gasteiger partial charge in [0.2, 0.25) is 5.89 Å². The van der Waals surface area contributed by atoms with Crippen LogP contribution in [-0.4, -0.2) is 35.6 Å². The van der Waals surface area contributed by atoms with Gasteiger partial charge < -0.3 is 9.32 Å². The molecule has 140 valence electrons. The summed E-state index contributed by atoms with van der Waals surface area (Å²) in [5.74, 6) is 1.55. The lowest BCUT2D eigenvalue weighted by molar-refractivity contribution is 0.178. The fraction of sp³-hybridized carbons (Fsp3) is 0.318. The third kappa shape index (κ3) is 4.02. The van der Waals surface area contributed by atoms with E-state index >= 15 is 0 Å². The second-order valence-electron chi connectivity index (χ2n) is 7.13. The molecule has 3 aromatic rings. The van der Waals surface area contributed by atoms with Crippen LogP contribution in [0.3, 0.4) is 0 Å². The highest BCUT2D eigenvalue weighted by atomic mass is 35.5. The van der Waals surface area contributed by atoms with Gasteiger partial charge in [-0.25, -0.2) is 4.98 Å². The third-order valence-electron chi connectivity index (χ3n) is 5.22. The van der Waals surface area contributed by atoms with E-state index in [1.165, 1.54) is 5.69 Å². The molecule has 0 N–H and O–H groups in total. The van der Waals surface area contributed by atoms with Gasteiger partial charge in [0.25, 0.3) is 0 Å². The molecule has 1 saturated heterocycles. The molecule has 0 amide bonds. The number of hydrogen-bond donors (Lipinski definition) is 0. The SMILES string of the molecule is Cc1oc(-c2ccc(Cl)cc2)nc1CN1CCN(c2ccccc2)CC1C. The van der Waals surface area contributed by atoms with Gasteiger partial charge in [-0.15, -0.1) is 0 Å². The van der Waals surface area contributed by atoms with Crippen LogP contribution < -0.4 is 4.90 Å². The molecule has 2 aromatic carbocycles. The molecule has 1 fully saturated rings. The van der Waals surface area contributed by atoms with Crippen molar-refractivity contribution >= 4 is 17.3 Å². The van der Waals surface area contributed by atoms with E-state index in [-0.39, 0.29) is 0 Å². The molecular weight excluding hydrogens is 358 g/mol. The van der Waals surface area contributed by atoms with Gasteiger partial charge in [-0.2, -0.15) is 0 Å². The molecule has 0 bridgehead atoms. The van der Waals surface area contributed by atoms with Crippen molar-refractivity contribution < 1.29 is 4.42 Å². The molecule has 5 heteroatoms. The van der Waals surface area contributed by atoms with Crippen LogP contribution in [0.1, 0.15) is 18.4 Å². The van der Waals surface area contributed by atoms with E-state index in [0.717, 1.165) is 43.2 Å². The van der Waals surface area contributed by atoms with Gasteiger partial charge in [-0.3, -0.25) is 4.90 Å². The lowest BCUT2D eigenvalue weighted by Gasteiger charge is -2.40. The average Bonchev–Trinajstić information content (AvgIpc) is 3.05. The van der Waals surface area contributed by atoms with Gasteiger partial charge in [0.05, 0.1) is 5.69 Å². The summed E-state index contributed by atoms with van der Waals surface area (Å²) >= 11 is 5.97. The van der Waals surface area contributed by atoms with Crippen LogP contribution in [0.5, 0.6) is 0 Å². The quantitative estimate of drug-likeness (QED) is 0.635. The minimum Gasteiger partial charge on any atom is -0.441 e. The van der Waals surface area contributed by atoms with Gasteiger partial charge in [-0.05, 0) is 50.2 Å². The Morgan fingerprint density at radius 1 is 1.07 bits per heavy atom. The third-order valence-corrected chi connectivity index (χ3v) is 5.48. The monoisotopic (exact) mass is 381 g/mol. The fourth-order valence-corrected chi connectivity index (χ4v) is 3.71. The van der Waals surface area contributed by atoms with Crippen molar-refractivity contribution in [1.29, 1.82) is 0 Å². The zero-order valence-electron chi connectivity index (χ0n) is 15.7. The second-order valence-corrected chi connectivity index (χ2v) is 7.57. The van der Waals surface area contributed by atoms with Gasteiger partial charge >= 0.3 is 0 Å². The molecule has 4 nitrogen and oxygen atoms in total. The largest absolute Gasteiger partial charge is 0.441 e. The molecule has 1 aliphatic heterocycles. The highest BCUT2D eigenvalue weighted by molar-refractivity contribution is 6.30. The minimum absolute atomic E-state index is 0.453. The summed E-state index contributed by atoms with van der Waals surface area (Å²) in [4.78, 5) is 9.69. The molecule has 2 heterocycles. The Morgan fingerprint density at radius 2 is 1.81 bits per heavy atom. The van der Waals surface area contributed by atoms with Crippen molar-refractivity contribution in [3.05, 3.63) is 71.1 Å². The van der Waals surface area contributed by atoms with E-state index in [0.29, 0.717) is 17.0 Å². The molecule has 27 heavy (non-hydrogen) atoms. The Balaban J connectivity index is 1.45. The van der Waals surface area contributed by atoms with Crippen molar-refractivity contribution in [2.45, 2.75) is 26.4 Å². The Labute approximate surface area is 165 Å². The van der Waals surface area contributed by atoms with Gasteiger partial charge in [0.15, 0.2) is 0 Å². The first kappa shape index (κ1) is 18.1. The first-order valence-electron chi connectivity index (χ1n) is 9.36. The van der Waals surface area contributed by atoms with E-state index < -0.39 is 0 Å². The van der Waals surface area contributed by atoms with Crippen LogP contribution in [0.2, 0.25) is 5.02 Å². The van der Waals surface area contributed by atoms with E-state index in [1.54, 1.807) is 0 Å². The second kappa shape index (κ2) is 7.75. The van der Waals surface area contributed by atoms with Gasteiger partial charge in [0.1, 0.15) is 5.76 Å². The summed E-state index contributed by atoms with van der Waals surface area (Å²) < 4.78 is 5.92. The van der Waals surface area contributed by atoms with Crippen molar-refractivity contribution in [3.63, 3.8) is 0 Å². The number of nitrogens with zero attached hydrogens (tertiary/aromatic N) is 3. The van der Waals surface area contributed by atoms with E-state index in [4.69, 9.17) is 21.0 Å². The van der Waals surface area contributed by atoms with Crippen LogP contribution in [0.4, 0.5) is 5.69 Å². The lowest BCUT2D eigenvalue weighted by Crippen LogP contribution is -2.51. The van der Waals surface area contributed by atoms with Crippen LogP contribution in [0.25, 0.3) is 11.5 Å². The maximum absolute atomic E-state index is 5.97. The van der Waals surface area contributed by atoms with E-state index in [9.17, 15) is 0 Å². The Hall–Kier alpha value is -2.30. The Morgan fingerprint density at radius 3 is 2.52 bits per heavy atom. The summed E-state index contributed by atoms with van der Waals surface area (Å²) in [7, 11) is 0. The van der Waals surface area contributed by atoms with E-state index in [2.05, 4.69) is 47.1 Å². The molecular formula is C22H24ClN3O. The molecule has 1 aromatic heterocycles. The summed E-state index contributed by atoms with van der Waals surface area (Å²) in [6.45, 7) is 8.14. The van der Waals surface area contributed by atoms with E-state index in [1.807, 2.05) is 31.2 Å². The van der Waals surface area contributed by atoms with Crippen molar-refractivity contribution in [1.82, 2.24) is 9.88 Å². The standard InChI is InChI=1S/C22H24ClN3O/c1-16-14-26(20-6-4-3-5-7-20)13-12-25(16)15-21-17(2)27-22(24-21)18-8-10-19(23)11-9-18/h3-11,16H,12-15H2,1-2H3. The van der Waals surface area contributed by atoms with Crippen LogP contribution in [-0.2, 0) is 6.54 Å². The zero-order valence-corrected chi connectivity index (χ0v) is 16.5. The predicted octanol–water partition coefficient (Wildman–Crippen LogP) is 5.01. The summed E-state index contributed by atoms with van der Waals surface area (Å²) in [5.41, 5.74) is 3.27. The smallest absolute Gasteiger partial charge is 0.226 e. The highest BCUT2D eigenvalue weighted by Gasteiger charge is 2.25. The topological polar surface area (TPSA) is 32.5 Å². The molecule has 1 atom stereocenters. The Kier molecular flexibility index (Phi) is 5.19. The van der Waals surface area contributed by atoms with Crippen LogP contribution >= 0.6 is 11.6 Å². The molecule has 0 spiro atoms. The molecule has 0 radical (unpaired) electrons. The summed E-state index contributed by atoms with van der Waals surface area (Å²) in [6.07, 6.45) is 0. The molecule has 0 saturated carbocycles. The first-order chi connectivity index (χ1) is 13.1. The van der Waals surface area contributed by atoms with Crippen LogP contribution in [0.15, 0.2) is 59.0 Å². The molecule has 0 aliphatic carbocycles. The molecule has 4 rings (SSSR count). The zero-order chi connectivity index (χ0) is 18.8. The Bertz CT molecular complexity index is 892. The maximum Gasteiger partial charge on any atom is 0.226 e. The highest BCUT2D eigenvalue weighted by Crippen LogP contribution is 2.25. The van der Waals surface area contributed by atoms with Gasteiger partial charge in [0, 0.05) is 48.5 Å². The van der Waals surface area contributed by atoms with Crippen molar-refractivity contribution in [3.8, 4) is 11.5 Å². The molecule has 1 aliphatic rings. The average molecular weight is 382 g/mol. The predicted molar refractivity (Wildman–Crippen MR) is 110 cm³/mol. The number of halogens is 1. The van der Waals surface area contributed by atoms with Crippen molar-refractivity contribution in [2.24, 2.45) is 0 Å². The number of aryl methyl sites for hydroxylation is 1. The number of rotatable bonds is 4. The van der Waals surface area contributed by atoms with Crippen LogP contribution in [0, 0.1) is 6.92 Å². The molecule has 1 unspecified atom stereocenters. The number of para-hydroxylation sites is 1. The number of aromatic nitrogens is 1. The number of benzene rings is 2. The minimum atomic E-state index is 0.453. The number of oxazole rings is 1. The fourth-order valence-electron chi connectivity index (χ4n) is 3.59. The number of piperazine rings is 1. The number of anilines is 1. The first-order valence-corrected chi connectivity index (χ1v) is 9.74. The normalized spacial score (nSPS) is 18.0. The van der Waals surface area contributed by atoms with Crippen molar-refractivity contribution in [2.75, 3.05) is 24.5 Å². The number of hydrogen-bond acceptors (Lipinski definition) is 4.